The Labute approximate surface area is 113 Å². The summed E-state index contributed by atoms with van der Waals surface area (Å²) >= 11 is 0. The molecule has 104 valence electrons. The predicted molar refractivity (Wildman–Crippen MR) is 73.3 cm³/mol. The van der Waals surface area contributed by atoms with Gasteiger partial charge in [-0.15, -0.1) is 0 Å². The molecule has 1 aromatic heterocycles. The van der Waals surface area contributed by atoms with Crippen LogP contribution in [0, 0.1) is 5.92 Å². The van der Waals surface area contributed by atoms with Crippen LogP contribution < -0.4 is 10.9 Å². The third kappa shape index (κ3) is 3.35. The Kier molecular flexibility index (Phi) is 3.55. The highest BCUT2D eigenvalue weighted by molar-refractivity contribution is 5.38. The summed E-state index contributed by atoms with van der Waals surface area (Å²) in [6, 6.07) is 1.63. The minimum absolute atomic E-state index is 0.0519. The SMILES string of the molecule is CC1CCC(Cn2ncc(NCC3CC3)cc2=O)O1. The van der Waals surface area contributed by atoms with Crippen LogP contribution in [0.4, 0.5) is 5.69 Å². The second-order valence-corrected chi connectivity index (χ2v) is 5.73. The highest BCUT2D eigenvalue weighted by atomic mass is 16.5. The Morgan fingerprint density at radius 3 is 2.89 bits per heavy atom. The fourth-order valence-electron chi connectivity index (χ4n) is 2.46. The van der Waals surface area contributed by atoms with Crippen LogP contribution in [0.15, 0.2) is 17.1 Å². The Balaban J connectivity index is 1.60. The largest absolute Gasteiger partial charge is 0.383 e. The van der Waals surface area contributed by atoms with Crippen LogP contribution in [0.1, 0.15) is 32.6 Å². The van der Waals surface area contributed by atoms with Gasteiger partial charge in [-0.3, -0.25) is 4.79 Å². The molecule has 1 aliphatic heterocycles. The maximum Gasteiger partial charge on any atom is 0.268 e. The molecule has 1 saturated heterocycles. The summed E-state index contributed by atoms with van der Waals surface area (Å²) in [5.41, 5.74) is 0.776. The highest BCUT2D eigenvalue weighted by Crippen LogP contribution is 2.28. The third-order valence-electron chi connectivity index (χ3n) is 3.86. The first-order valence-corrected chi connectivity index (χ1v) is 7.17. The normalized spacial score (nSPS) is 26.6. The van der Waals surface area contributed by atoms with Gasteiger partial charge < -0.3 is 10.1 Å². The van der Waals surface area contributed by atoms with Gasteiger partial charge in [-0.25, -0.2) is 4.68 Å². The maximum absolute atomic E-state index is 12.0. The van der Waals surface area contributed by atoms with Crippen molar-refractivity contribution >= 4 is 5.69 Å². The van der Waals surface area contributed by atoms with Crippen LogP contribution in [0.2, 0.25) is 0 Å². The molecule has 0 amide bonds. The topological polar surface area (TPSA) is 56.2 Å². The Bertz CT molecular complexity index is 496. The zero-order valence-electron chi connectivity index (χ0n) is 11.3. The molecule has 1 N–H and O–H groups in total. The molecule has 5 heteroatoms. The third-order valence-corrected chi connectivity index (χ3v) is 3.86. The van der Waals surface area contributed by atoms with Crippen LogP contribution in [0.25, 0.3) is 0 Å². The molecule has 3 rings (SSSR count). The van der Waals surface area contributed by atoms with E-state index in [2.05, 4.69) is 17.3 Å². The number of nitrogens with one attached hydrogen (secondary N) is 1. The molecular weight excluding hydrogens is 242 g/mol. The van der Waals surface area contributed by atoms with Crippen molar-refractivity contribution in [2.24, 2.45) is 5.92 Å². The average Bonchev–Trinajstić information content (AvgIpc) is 3.13. The van der Waals surface area contributed by atoms with E-state index in [-0.39, 0.29) is 11.7 Å². The second-order valence-electron chi connectivity index (χ2n) is 5.73. The van der Waals surface area contributed by atoms with Crippen LogP contribution in [0.3, 0.4) is 0 Å². The van der Waals surface area contributed by atoms with Gasteiger partial charge in [0.1, 0.15) is 0 Å². The van der Waals surface area contributed by atoms with Crippen molar-refractivity contribution in [3.63, 3.8) is 0 Å². The summed E-state index contributed by atoms with van der Waals surface area (Å²) in [5.74, 6) is 0.788. The first-order chi connectivity index (χ1) is 9.20. The molecule has 0 radical (unpaired) electrons. The Morgan fingerprint density at radius 2 is 2.26 bits per heavy atom. The van der Waals surface area contributed by atoms with Crippen molar-refractivity contribution in [1.29, 1.82) is 0 Å². The van der Waals surface area contributed by atoms with Gasteiger partial charge in [0.05, 0.1) is 30.6 Å². The van der Waals surface area contributed by atoms with Crippen LogP contribution in [0.5, 0.6) is 0 Å². The summed E-state index contributed by atoms with van der Waals surface area (Å²) in [6.45, 7) is 3.58. The van der Waals surface area contributed by atoms with Crippen LogP contribution in [-0.2, 0) is 11.3 Å². The van der Waals surface area contributed by atoms with Gasteiger partial charge in [-0.2, -0.15) is 5.10 Å². The van der Waals surface area contributed by atoms with Crippen molar-refractivity contribution in [3.8, 4) is 0 Å². The quantitative estimate of drug-likeness (QED) is 0.877. The van der Waals surface area contributed by atoms with E-state index >= 15 is 0 Å². The van der Waals surface area contributed by atoms with Crippen LogP contribution >= 0.6 is 0 Å². The summed E-state index contributed by atoms with van der Waals surface area (Å²) in [4.78, 5) is 12.0. The average molecular weight is 263 g/mol. The zero-order chi connectivity index (χ0) is 13.2. The van der Waals surface area contributed by atoms with E-state index < -0.39 is 0 Å². The lowest BCUT2D eigenvalue weighted by Crippen LogP contribution is -2.28. The monoisotopic (exact) mass is 263 g/mol. The number of aromatic nitrogens is 2. The van der Waals surface area contributed by atoms with Crippen molar-refractivity contribution in [2.75, 3.05) is 11.9 Å². The second kappa shape index (κ2) is 5.33. The number of nitrogens with zero attached hydrogens (tertiary/aromatic N) is 2. The summed E-state index contributed by atoms with van der Waals surface area (Å²) in [6.07, 6.45) is 6.86. The molecule has 1 aliphatic carbocycles. The molecule has 0 bridgehead atoms. The smallest absolute Gasteiger partial charge is 0.268 e. The molecule has 5 nitrogen and oxygen atoms in total. The molecule has 0 spiro atoms. The lowest BCUT2D eigenvalue weighted by Gasteiger charge is -2.12. The maximum atomic E-state index is 12.0. The van der Waals surface area contributed by atoms with Gasteiger partial charge in [0.2, 0.25) is 0 Å². The van der Waals surface area contributed by atoms with Gasteiger partial charge >= 0.3 is 0 Å². The number of rotatable bonds is 5. The highest BCUT2D eigenvalue weighted by Gasteiger charge is 2.23. The van der Waals surface area contributed by atoms with Crippen molar-refractivity contribution in [1.82, 2.24) is 9.78 Å². The van der Waals surface area contributed by atoms with Gasteiger partial charge in [-0.05, 0) is 38.5 Å². The lowest BCUT2D eigenvalue weighted by atomic mass is 10.2. The summed E-state index contributed by atoms with van der Waals surface area (Å²) in [5, 5.41) is 7.50. The molecule has 2 unspecified atom stereocenters. The number of hydrogen-bond donors (Lipinski definition) is 1. The zero-order valence-corrected chi connectivity index (χ0v) is 11.3. The molecule has 2 fully saturated rings. The van der Waals surface area contributed by atoms with E-state index in [1.165, 1.54) is 17.5 Å². The predicted octanol–water partition coefficient (Wildman–Crippen LogP) is 1.63. The van der Waals surface area contributed by atoms with Crippen molar-refractivity contribution in [3.05, 3.63) is 22.6 Å². The van der Waals surface area contributed by atoms with E-state index in [1.54, 1.807) is 12.3 Å². The minimum Gasteiger partial charge on any atom is -0.383 e. The van der Waals surface area contributed by atoms with Gasteiger partial charge in [0.15, 0.2) is 0 Å². The first-order valence-electron chi connectivity index (χ1n) is 7.17. The lowest BCUT2D eigenvalue weighted by molar-refractivity contribution is 0.0428. The molecular formula is C14H21N3O2. The fraction of sp³-hybridized carbons (Fsp3) is 0.714. The molecule has 19 heavy (non-hydrogen) atoms. The number of ether oxygens (including phenoxy) is 1. The fourth-order valence-corrected chi connectivity index (χ4v) is 2.46. The van der Waals surface area contributed by atoms with Gasteiger partial charge in [-0.1, -0.05) is 0 Å². The van der Waals surface area contributed by atoms with Crippen molar-refractivity contribution < 1.29 is 4.74 Å². The molecule has 0 aromatic carbocycles. The number of hydrogen-bond acceptors (Lipinski definition) is 4. The Morgan fingerprint density at radius 1 is 1.42 bits per heavy atom. The molecule has 2 atom stereocenters. The molecule has 1 saturated carbocycles. The molecule has 2 aliphatic rings. The van der Waals surface area contributed by atoms with Crippen molar-refractivity contribution in [2.45, 2.75) is 51.4 Å². The molecule has 1 aromatic rings. The number of anilines is 1. The van der Waals surface area contributed by atoms with Gasteiger partial charge in [0, 0.05) is 12.6 Å². The Hall–Kier alpha value is -1.36. The minimum atomic E-state index is -0.0519. The van der Waals surface area contributed by atoms with E-state index in [9.17, 15) is 4.79 Å². The standard InChI is InChI=1S/C14H21N3O2/c1-10-2-5-13(19-10)9-17-14(18)6-12(8-16-17)15-7-11-3-4-11/h6,8,10-11,13,15H,2-5,7,9H2,1H3. The first kappa shape index (κ1) is 12.7. The molecule has 2 heterocycles. The van der Waals surface area contributed by atoms with E-state index in [4.69, 9.17) is 4.74 Å². The van der Waals surface area contributed by atoms with E-state index in [0.717, 1.165) is 31.0 Å². The van der Waals surface area contributed by atoms with Crippen LogP contribution in [-0.4, -0.2) is 28.5 Å². The van der Waals surface area contributed by atoms with E-state index in [1.807, 2.05) is 0 Å². The van der Waals surface area contributed by atoms with Gasteiger partial charge in [0.25, 0.3) is 5.56 Å². The summed E-state index contributed by atoms with van der Waals surface area (Å²) < 4.78 is 7.23. The summed E-state index contributed by atoms with van der Waals surface area (Å²) in [7, 11) is 0. The van der Waals surface area contributed by atoms with E-state index in [0.29, 0.717) is 12.6 Å².